The number of hydrogen-bond donors (Lipinski definition) is 2. The zero-order valence-corrected chi connectivity index (χ0v) is 11.9. The molecule has 1 aromatic carbocycles. The van der Waals surface area contributed by atoms with Crippen molar-refractivity contribution in [3.05, 3.63) is 24.3 Å². The summed E-state index contributed by atoms with van der Waals surface area (Å²) in [5.74, 6) is 1.49. The summed E-state index contributed by atoms with van der Waals surface area (Å²) >= 11 is 0. The van der Waals surface area contributed by atoms with Crippen LogP contribution in [0.25, 0.3) is 0 Å². The number of nitrogens with one attached hydrogen (secondary N) is 1. The van der Waals surface area contributed by atoms with Crippen molar-refractivity contribution < 1.29 is 14.6 Å². The van der Waals surface area contributed by atoms with E-state index in [9.17, 15) is 5.11 Å². The van der Waals surface area contributed by atoms with Crippen molar-refractivity contribution in [3.8, 4) is 11.5 Å². The van der Waals surface area contributed by atoms with Gasteiger partial charge in [-0.3, -0.25) is 0 Å². The summed E-state index contributed by atoms with van der Waals surface area (Å²) in [6, 6.07) is 7.59. The van der Waals surface area contributed by atoms with Gasteiger partial charge >= 0.3 is 0 Å². The monoisotopic (exact) mass is 267 g/mol. The van der Waals surface area contributed by atoms with E-state index in [2.05, 4.69) is 19.2 Å². The minimum atomic E-state index is -0.0424. The molecular formula is C15H25NO3. The van der Waals surface area contributed by atoms with Gasteiger partial charge in [0.15, 0.2) is 11.5 Å². The molecule has 0 heterocycles. The van der Waals surface area contributed by atoms with E-state index in [4.69, 9.17) is 9.47 Å². The molecule has 108 valence electrons. The first kappa shape index (κ1) is 15.8. The number of rotatable bonds is 10. The van der Waals surface area contributed by atoms with E-state index in [1.54, 1.807) is 0 Å². The van der Waals surface area contributed by atoms with E-state index in [-0.39, 0.29) is 12.6 Å². The van der Waals surface area contributed by atoms with Gasteiger partial charge in [0, 0.05) is 0 Å². The van der Waals surface area contributed by atoms with Crippen LogP contribution in [0.4, 0.5) is 0 Å². The molecule has 1 rings (SSSR count). The second-order valence-electron chi connectivity index (χ2n) is 4.44. The van der Waals surface area contributed by atoms with Crippen molar-refractivity contribution in [2.24, 2.45) is 0 Å². The molecule has 0 saturated heterocycles. The predicted molar refractivity (Wildman–Crippen MR) is 76.9 cm³/mol. The molecule has 4 nitrogen and oxygen atoms in total. The van der Waals surface area contributed by atoms with Crippen molar-refractivity contribution in [2.75, 3.05) is 26.4 Å². The molecule has 2 N–H and O–H groups in total. The average molecular weight is 267 g/mol. The van der Waals surface area contributed by atoms with Gasteiger partial charge in [0.25, 0.3) is 0 Å². The van der Waals surface area contributed by atoms with Crippen molar-refractivity contribution in [2.45, 2.75) is 32.7 Å². The van der Waals surface area contributed by atoms with Gasteiger partial charge in [-0.1, -0.05) is 26.0 Å². The van der Waals surface area contributed by atoms with Gasteiger partial charge in [0.2, 0.25) is 0 Å². The fourth-order valence-corrected chi connectivity index (χ4v) is 1.62. The van der Waals surface area contributed by atoms with Gasteiger partial charge in [-0.25, -0.2) is 0 Å². The van der Waals surface area contributed by atoms with Crippen molar-refractivity contribution >= 4 is 0 Å². The lowest BCUT2D eigenvalue weighted by Gasteiger charge is -2.18. The zero-order valence-electron chi connectivity index (χ0n) is 11.9. The molecule has 0 aliphatic rings. The van der Waals surface area contributed by atoms with Crippen LogP contribution in [0.3, 0.4) is 0 Å². The number of para-hydroxylation sites is 2. The Morgan fingerprint density at radius 2 is 1.79 bits per heavy atom. The van der Waals surface area contributed by atoms with Gasteiger partial charge in [0.05, 0.1) is 19.3 Å². The first-order valence-electron chi connectivity index (χ1n) is 7.00. The SMILES string of the molecule is CCCNC(CO)COc1ccccc1OCCC. The molecule has 19 heavy (non-hydrogen) atoms. The Morgan fingerprint density at radius 3 is 2.37 bits per heavy atom. The predicted octanol–water partition coefficient (Wildman–Crippen LogP) is 2.21. The Kier molecular flexibility index (Phi) is 8.02. The van der Waals surface area contributed by atoms with Gasteiger partial charge in [0.1, 0.15) is 6.61 Å². The van der Waals surface area contributed by atoms with Crippen molar-refractivity contribution in [1.82, 2.24) is 5.32 Å². The van der Waals surface area contributed by atoms with Crippen LogP contribution in [0, 0.1) is 0 Å². The summed E-state index contributed by atoms with van der Waals surface area (Å²) in [6.07, 6.45) is 2.00. The molecule has 1 atom stereocenters. The topological polar surface area (TPSA) is 50.7 Å². The summed E-state index contributed by atoms with van der Waals surface area (Å²) in [5.41, 5.74) is 0. The second kappa shape index (κ2) is 9.64. The number of benzene rings is 1. The molecule has 0 spiro atoms. The summed E-state index contributed by atoms with van der Waals surface area (Å²) in [7, 11) is 0. The highest BCUT2D eigenvalue weighted by atomic mass is 16.5. The van der Waals surface area contributed by atoms with Crippen molar-refractivity contribution in [1.29, 1.82) is 0 Å². The quantitative estimate of drug-likeness (QED) is 0.682. The molecule has 0 bridgehead atoms. The average Bonchev–Trinajstić information content (AvgIpc) is 2.46. The lowest BCUT2D eigenvalue weighted by atomic mass is 10.3. The second-order valence-corrected chi connectivity index (χ2v) is 4.44. The van der Waals surface area contributed by atoms with E-state index in [0.29, 0.717) is 13.2 Å². The maximum absolute atomic E-state index is 9.27. The molecule has 0 aliphatic heterocycles. The summed E-state index contributed by atoms with van der Waals surface area (Å²) in [5, 5.41) is 12.5. The molecule has 0 aliphatic carbocycles. The highest BCUT2D eigenvalue weighted by molar-refractivity contribution is 5.39. The van der Waals surface area contributed by atoms with Crippen LogP contribution in [0.1, 0.15) is 26.7 Å². The third-order valence-electron chi connectivity index (χ3n) is 2.65. The minimum absolute atomic E-state index is 0.0424. The van der Waals surface area contributed by atoms with E-state index < -0.39 is 0 Å². The fraction of sp³-hybridized carbons (Fsp3) is 0.600. The maximum atomic E-state index is 9.27. The van der Waals surface area contributed by atoms with E-state index >= 15 is 0 Å². The Balaban J connectivity index is 2.50. The summed E-state index contributed by atoms with van der Waals surface area (Å²) in [4.78, 5) is 0. The smallest absolute Gasteiger partial charge is 0.161 e. The van der Waals surface area contributed by atoms with Crippen LogP contribution < -0.4 is 14.8 Å². The molecule has 0 saturated carbocycles. The van der Waals surface area contributed by atoms with Crippen LogP contribution in [0.5, 0.6) is 11.5 Å². The largest absolute Gasteiger partial charge is 0.490 e. The number of aliphatic hydroxyl groups excluding tert-OH is 1. The highest BCUT2D eigenvalue weighted by Gasteiger charge is 2.09. The number of ether oxygens (including phenoxy) is 2. The maximum Gasteiger partial charge on any atom is 0.161 e. The third kappa shape index (κ3) is 5.94. The first-order valence-corrected chi connectivity index (χ1v) is 7.00. The van der Waals surface area contributed by atoms with Gasteiger partial charge in [-0.05, 0) is 31.5 Å². The molecule has 1 unspecified atom stereocenters. The lowest BCUT2D eigenvalue weighted by molar-refractivity contribution is 0.178. The minimum Gasteiger partial charge on any atom is -0.490 e. The van der Waals surface area contributed by atoms with Crippen LogP contribution in [0.15, 0.2) is 24.3 Å². The van der Waals surface area contributed by atoms with Gasteiger partial charge in [-0.15, -0.1) is 0 Å². The Hall–Kier alpha value is -1.26. The Morgan fingerprint density at radius 1 is 1.11 bits per heavy atom. The molecule has 0 aromatic heterocycles. The lowest BCUT2D eigenvalue weighted by Crippen LogP contribution is -2.38. The van der Waals surface area contributed by atoms with Crippen LogP contribution in [0.2, 0.25) is 0 Å². The van der Waals surface area contributed by atoms with E-state index in [1.165, 1.54) is 0 Å². The fourth-order valence-electron chi connectivity index (χ4n) is 1.62. The number of aliphatic hydroxyl groups is 1. The molecule has 0 amide bonds. The third-order valence-corrected chi connectivity index (χ3v) is 2.65. The molecule has 1 aromatic rings. The zero-order chi connectivity index (χ0) is 13.9. The Labute approximate surface area is 115 Å². The van der Waals surface area contributed by atoms with E-state index in [1.807, 2.05) is 24.3 Å². The summed E-state index contributed by atoms with van der Waals surface area (Å²) < 4.78 is 11.4. The molecule has 0 radical (unpaired) electrons. The number of hydrogen-bond acceptors (Lipinski definition) is 4. The van der Waals surface area contributed by atoms with Crippen LogP contribution in [-0.4, -0.2) is 37.5 Å². The molecule has 4 heteroatoms. The van der Waals surface area contributed by atoms with Gasteiger partial charge in [-0.2, -0.15) is 0 Å². The molecule has 0 fully saturated rings. The van der Waals surface area contributed by atoms with Gasteiger partial charge < -0.3 is 19.9 Å². The highest BCUT2D eigenvalue weighted by Crippen LogP contribution is 2.26. The van der Waals surface area contributed by atoms with Crippen LogP contribution >= 0.6 is 0 Å². The Bertz CT molecular complexity index is 344. The standard InChI is InChI=1S/C15H25NO3/c1-3-9-16-13(11-17)12-19-15-8-6-5-7-14(15)18-10-4-2/h5-8,13,16-17H,3-4,9-12H2,1-2H3. The summed E-state index contributed by atoms with van der Waals surface area (Å²) in [6.45, 7) is 6.22. The first-order chi connectivity index (χ1) is 9.31. The van der Waals surface area contributed by atoms with Crippen LogP contribution in [-0.2, 0) is 0 Å². The van der Waals surface area contributed by atoms with E-state index in [0.717, 1.165) is 30.9 Å². The normalized spacial score (nSPS) is 12.2. The van der Waals surface area contributed by atoms with Crippen molar-refractivity contribution in [3.63, 3.8) is 0 Å². The molecular weight excluding hydrogens is 242 g/mol.